The summed E-state index contributed by atoms with van der Waals surface area (Å²) in [5, 5.41) is 2.62. The molecule has 31 heavy (non-hydrogen) atoms. The standard InChI is InChI=1S/C25H26N4Si.Pt/c1-30(2)22-8-3-6-20(16-22)26-12-14-28(18-26)24-10-5-11-25(24)29-15-13-27(19-29)21-7-4-9-23(30)17-21;/h3-4,6-9,12-15,18-19,24-25H,5,10-11H2,1-2H3;/q-4;+4. The van der Waals surface area contributed by atoms with E-state index in [1.807, 2.05) is 0 Å². The Balaban J connectivity index is 0.00000204. The summed E-state index contributed by atoms with van der Waals surface area (Å²) < 4.78 is 0. The van der Waals surface area contributed by atoms with Crippen LogP contribution in [0.2, 0.25) is 13.1 Å². The molecule has 0 spiro atoms. The maximum Gasteiger partial charge on any atom is 4.00 e. The van der Waals surface area contributed by atoms with Crippen LogP contribution in [-0.2, 0) is 21.1 Å². The molecule has 3 heterocycles. The quantitative estimate of drug-likeness (QED) is 0.337. The molecular weight excluding hydrogens is 579 g/mol. The van der Waals surface area contributed by atoms with Gasteiger partial charge < -0.3 is 19.6 Å². The molecule has 3 aliphatic heterocycles. The van der Waals surface area contributed by atoms with Gasteiger partial charge in [0.25, 0.3) is 0 Å². The Morgan fingerprint density at radius 1 is 0.774 bits per heavy atom. The second-order valence-corrected chi connectivity index (χ2v) is 13.5. The number of anilines is 2. The van der Waals surface area contributed by atoms with Gasteiger partial charge >= 0.3 is 21.1 Å². The minimum atomic E-state index is -1.93. The number of hydrogen-bond acceptors (Lipinski definition) is 4. The van der Waals surface area contributed by atoms with E-state index in [0.717, 1.165) is 11.4 Å². The number of rotatable bonds is 0. The fourth-order valence-corrected chi connectivity index (χ4v) is 7.32. The molecule has 0 radical (unpaired) electrons. The molecule has 0 saturated heterocycles. The first-order chi connectivity index (χ1) is 14.6. The van der Waals surface area contributed by atoms with E-state index in [2.05, 4.69) is 119 Å². The molecule has 2 atom stereocenters. The molecule has 2 aromatic carbocycles. The molecule has 160 valence electrons. The SMILES string of the molecule is C[Si]1(C)c2[c-]c(ccc2)N2C=CN([CH-]2)C2CCCC2N2C=CN([CH-]2)c2[c-]c1ccc2.[Pt+4]. The van der Waals surface area contributed by atoms with Crippen LogP contribution in [0.3, 0.4) is 0 Å². The maximum absolute atomic E-state index is 3.75. The van der Waals surface area contributed by atoms with Crippen LogP contribution in [-0.4, -0.2) is 30.0 Å². The van der Waals surface area contributed by atoms with Crippen LogP contribution in [0.15, 0.2) is 61.2 Å². The molecule has 2 unspecified atom stereocenters. The molecule has 6 heteroatoms. The summed E-state index contributed by atoms with van der Waals surface area (Å²) in [5.74, 6) is 0. The van der Waals surface area contributed by atoms with Crippen molar-refractivity contribution in [1.82, 2.24) is 9.80 Å². The van der Waals surface area contributed by atoms with E-state index in [4.69, 9.17) is 0 Å². The van der Waals surface area contributed by atoms with Gasteiger partial charge in [-0.1, -0.05) is 13.1 Å². The summed E-state index contributed by atoms with van der Waals surface area (Å²) in [6.45, 7) is 9.28. The van der Waals surface area contributed by atoms with Gasteiger partial charge in [-0.05, 0) is 44.1 Å². The van der Waals surface area contributed by atoms with E-state index in [0.29, 0.717) is 12.1 Å². The summed E-state index contributed by atoms with van der Waals surface area (Å²) >= 11 is 0. The fourth-order valence-electron chi connectivity index (χ4n) is 5.12. The summed E-state index contributed by atoms with van der Waals surface area (Å²) in [7, 11) is -1.93. The van der Waals surface area contributed by atoms with Crippen molar-refractivity contribution in [2.75, 3.05) is 9.80 Å². The van der Waals surface area contributed by atoms with E-state index in [1.54, 1.807) is 0 Å². The molecule has 0 aromatic heterocycles. The van der Waals surface area contributed by atoms with E-state index in [-0.39, 0.29) is 21.1 Å². The van der Waals surface area contributed by atoms with Crippen molar-refractivity contribution in [3.63, 3.8) is 0 Å². The molecule has 6 rings (SSSR count). The molecule has 4 aliphatic rings. The van der Waals surface area contributed by atoms with Gasteiger partial charge in [-0.25, -0.2) is 0 Å². The zero-order valence-corrected chi connectivity index (χ0v) is 21.1. The van der Waals surface area contributed by atoms with E-state index in [1.165, 1.54) is 29.6 Å². The van der Waals surface area contributed by atoms with Gasteiger partial charge in [0.2, 0.25) is 0 Å². The second-order valence-electron chi connectivity index (χ2n) is 9.13. The fraction of sp³-hybridized carbons (Fsp3) is 0.280. The molecule has 0 amide bonds. The minimum absolute atomic E-state index is 0. The minimum Gasteiger partial charge on any atom is -0.504 e. The zero-order chi connectivity index (χ0) is 20.3. The smallest absolute Gasteiger partial charge is 0.504 e. The van der Waals surface area contributed by atoms with E-state index >= 15 is 0 Å². The summed E-state index contributed by atoms with van der Waals surface area (Å²) in [5.41, 5.74) is 2.23. The molecular formula is C25H26N4PtSi. The van der Waals surface area contributed by atoms with Crippen molar-refractivity contribution in [2.45, 2.75) is 44.4 Å². The van der Waals surface area contributed by atoms with Gasteiger partial charge in [0.1, 0.15) is 0 Å². The predicted octanol–water partition coefficient (Wildman–Crippen LogP) is 3.47. The summed E-state index contributed by atoms with van der Waals surface area (Å²) in [6.07, 6.45) is 12.5. The molecule has 2 aromatic rings. The van der Waals surface area contributed by atoms with Gasteiger partial charge in [0.15, 0.2) is 0 Å². The van der Waals surface area contributed by atoms with Gasteiger partial charge in [-0.3, -0.25) is 0 Å². The first-order valence-electron chi connectivity index (χ1n) is 10.8. The average Bonchev–Trinajstić information content (AvgIpc) is 3.53. The van der Waals surface area contributed by atoms with Crippen LogP contribution in [0, 0.1) is 25.5 Å². The average molecular weight is 606 g/mol. The third-order valence-corrected chi connectivity index (χ3v) is 10.3. The third-order valence-electron chi connectivity index (χ3n) is 6.99. The van der Waals surface area contributed by atoms with Crippen molar-refractivity contribution < 1.29 is 21.1 Å². The summed E-state index contributed by atoms with van der Waals surface area (Å²) in [4.78, 5) is 9.24. The van der Waals surface area contributed by atoms with Crippen molar-refractivity contribution in [2.24, 2.45) is 0 Å². The predicted molar refractivity (Wildman–Crippen MR) is 124 cm³/mol. The van der Waals surface area contributed by atoms with Gasteiger partial charge in [0, 0.05) is 12.1 Å². The van der Waals surface area contributed by atoms with Crippen LogP contribution in [0.25, 0.3) is 0 Å². The number of fused-ring (bicyclic) bond motifs is 13. The molecule has 0 N–H and O–H groups in total. The Bertz CT molecular complexity index is 956. The normalized spacial score (nSPS) is 25.2. The monoisotopic (exact) mass is 605 g/mol. The molecule has 4 nitrogen and oxygen atoms in total. The molecule has 8 bridgehead atoms. The van der Waals surface area contributed by atoms with Crippen molar-refractivity contribution in [1.29, 1.82) is 0 Å². The zero-order valence-electron chi connectivity index (χ0n) is 17.8. The van der Waals surface area contributed by atoms with E-state index in [9.17, 15) is 0 Å². The number of hydrogen-bond donors (Lipinski definition) is 0. The Morgan fingerprint density at radius 3 is 1.74 bits per heavy atom. The Hall–Kier alpha value is -1.97. The third kappa shape index (κ3) is 3.46. The van der Waals surface area contributed by atoms with Gasteiger partial charge in [-0.15, -0.1) is 11.4 Å². The second kappa shape index (κ2) is 7.86. The van der Waals surface area contributed by atoms with Gasteiger partial charge in [0.05, 0.1) is 8.07 Å². The first-order valence-corrected chi connectivity index (χ1v) is 13.8. The van der Waals surface area contributed by atoms with Crippen LogP contribution in [0.5, 0.6) is 0 Å². The van der Waals surface area contributed by atoms with Crippen LogP contribution in [0.1, 0.15) is 19.3 Å². The number of nitrogens with zero attached hydrogens (tertiary/aromatic N) is 4. The van der Waals surface area contributed by atoms with E-state index < -0.39 is 8.07 Å². The maximum atomic E-state index is 3.75. The topological polar surface area (TPSA) is 13.0 Å². The molecule has 1 fully saturated rings. The largest absolute Gasteiger partial charge is 4.00 e. The van der Waals surface area contributed by atoms with Crippen LogP contribution in [0.4, 0.5) is 11.4 Å². The Kier molecular flexibility index (Phi) is 5.30. The van der Waals surface area contributed by atoms with Crippen LogP contribution >= 0.6 is 0 Å². The van der Waals surface area contributed by atoms with Crippen molar-refractivity contribution in [3.05, 3.63) is 86.7 Å². The van der Waals surface area contributed by atoms with Crippen molar-refractivity contribution >= 4 is 29.8 Å². The molecule has 1 aliphatic carbocycles. The number of benzene rings is 2. The Morgan fingerprint density at radius 2 is 1.26 bits per heavy atom. The first kappa shape index (κ1) is 20.9. The molecule has 1 saturated carbocycles. The van der Waals surface area contributed by atoms with Crippen LogP contribution < -0.4 is 20.2 Å². The Labute approximate surface area is 201 Å². The van der Waals surface area contributed by atoms with Gasteiger partial charge in [-0.2, -0.15) is 72.2 Å². The van der Waals surface area contributed by atoms with Crippen molar-refractivity contribution in [3.8, 4) is 0 Å². The summed E-state index contributed by atoms with van der Waals surface area (Å²) in [6, 6.07) is 21.6.